The van der Waals surface area contributed by atoms with Crippen molar-refractivity contribution in [1.29, 1.82) is 0 Å². The van der Waals surface area contributed by atoms with Crippen molar-refractivity contribution in [3.8, 4) is 11.1 Å². The number of aromatic nitrogens is 1. The molecule has 0 saturated carbocycles. The molecule has 13 nitrogen and oxygen atoms in total. The molecule has 0 aliphatic heterocycles. The number of rotatable bonds is 17. The second-order valence-corrected chi connectivity index (χ2v) is 13.7. The molecule has 0 aliphatic rings. The first-order valence-corrected chi connectivity index (χ1v) is 17.3. The summed E-state index contributed by atoms with van der Waals surface area (Å²) in [6, 6.07) is 12.9. The first kappa shape index (κ1) is 44.5. The molecule has 1 heterocycles. The van der Waals surface area contributed by atoms with Gasteiger partial charge in [-0.15, -0.1) is 0 Å². The summed E-state index contributed by atoms with van der Waals surface area (Å²) in [7, 11) is 1.40. The summed E-state index contributed by atoms with van der Waals surface area (Å²) in [6.07, 6.45) is 2.28. The molecule has 292 valence electrons. The van der Waals surface area contributed by atoms with Crippen LogP contribution in [0.25, 0.3) is 11.1 Å². The van der Waals surface area contributed by atoms with Crippen LogP contribution in [0.2, 0.25) is 0 Å². The Bertz CT molecular complexity index is 1660. The van der Waals surface area contributed by atoms with Crippen LogP contribution in [-0.2, 0) is 30.5 Å². The van der Waals surface area contributed by atoms with Gasteiger partial charge in [0.1, 0.15) is 18.2 Å². The van der Waals surface area contributed by atoms with Crippen LogP contribution in [0.3, 0.4) is 0 Å². The zero-order valence-corrected chi connectivity index (χ0v) is 31.3. The first-order chi connectivity index (χ1) is 24.9. The average molecular weight is 745 g/mol. The van der Waals surface area contributed by atoms with Crippen molar-refractivity contribution in [2.24, 2.45) is 16.9 Å². The largest absolute Gasteiger partial charge is 0.479 e. The van der Waals surface area contributed by atoms with Crippen molar-refractivity contribution in [3.05, 3.63) is 83.7 Å². The number of carbonyl (C=O) groups excluding carboxylic acids is 3. The minimum Gasteiger partial charge on any atom is -0.479 e. The van der Waals surface area contributed by atoms with Crippen LogP contribution in [-0.4, -0.2) is 94.9 Å². The van der Waals surface area contributed by atoms with Crippen molar-refractivity contribution in [1.82, 2.24) is 20.1 Å². The standard InChI is InChI=1S/C32H42F2N6O4.C6H12O3/c1-32(2,3)30(40(29(43)20-41)14-11-26(36)31(44)38-13-12-37-28(42)17-35)27-15-22(24-16-23(33)9-10-25(24)34)19-39(27)18-21-7-5-4-6-8-21;1-4-6(2,9-3)5(7)8/h4-10,15-16,19,26,30,41H,11-14,17-18,20,35-36H2,1-3H3,(H,37,42)(H,38,44);4H2,1-3H3,(H,7,8)/t26-,30?;/m0./s1. The van der Waals surface area contributed by atoms with Gasteiger partial charge in [0.25, 0.3) is 0 Å². The van der Waals surface area contributed by atoms with Gasteiger partial charge in [-0.2, -0.15) is 0 Å². The molecule has 53 heavy (non-hydrogen) atoms. The van der Waals surface area contributed by atoms with E-state index in [9.17, 15) is 33.1 Å². The molecule has 0 spiro atoms. The summed E-state index contributed by atoms with van der Waals surface area (Å²) in [5, 5.41) is 23.7. The molecule has 0 bridgehead atoms. The van der Waals surface area contributed by atoms with Crippen LogP contribution < -0.4 is 22.1 Å². The third-order valence-electron chi connectivity index (χ3n) is 8.76. The number of nitrogens with zero attached hydrogens (tertiary/aromatic N) is 2. The van der Waals surface area contributed by atoms with E-state index in [2.05, 4.69) is 10.6 Å². The molecule has 3 amide bonds. The maximum absolute atomic E-state index is 14.9. The third-order valence-corrected chi connectivity index (χ3v) is 8.76. The Morgan fingerprint density at radius 1 is 1.00 bits per heavy atom. The molecule has 1 aromatic heterocycles. The van der Waals surface area contributed by atoms with Crippen molar-refractivity contribution in [2.75, 3.05) is 39.9 Å². The SMILES string of the molecule is CC(C)(C)C(c1cc(-c2cc(F)ccc2F)cn1Cc1ccccc1)N(CC[C@H](N)C(=O)NCCNC(=O)CN)C(=O)CO.CCC(C)(OC)C(=O)O. The molecular formula is C38H54F2N6O7. The van der Waals surface area contributed by atoms with E-state index in [1.54, 1.807) is 26.1 Å². The lowest BCUT2D eigenvalue weighted by Crippen LogP contribution is -2.48. The van der Waals surface area contributed by atoms with Crippen LogP contribution in [0.15, 0.2) is 60.8 Å². The Balaban J connectivity index is 0.000000953. The number of carboxylic acids is 1. The van der Waals surface area contributed by atoms with Gasteiger partial charge in [-0.3, -0.25) is 14.4 Å². The fourth-order valence-corrected chi connectivity index (χ4v) is 5.48. The number of amides is 3. The molecule has 0 aliphatic carbocycles. The molecule has 3 atom stereocenters. The van der Waals surface area contributed by atoms with Crippen molar-refractivity contribution in [3.63, 3.8) is 0 Å². The van der Waals surface area contributed by atoms with Gasteiger partial charge in [0.2, 0.25) is 17.7 Å². The van der Waals surface area contributed by atoms with Gasteiger partial charge in [0.05, 0.1) is 18.6 Å². The normalized spacial score (nSPS) is 13.5. The second kappa shape index (κ2) is 20.5. The number of aliphatic hydroxyl groups is 1. The maximum Gasteiger partial charge on any atom is 0.335 e. The zero-order chi connectivity index (χ0) is 39.9. The lowest BCUT2D eigenvalue weighted by atomic mass is 9.82. The topological polar surface area (TPSA) is 202 Å². The number of methoxy groups -OCH3 is 1. The van der Waals surface area contributed by atoms with E-state index in [0.717, 1.165) is 23.8 Å². The number of aliphatic carboxylic acids is 1. The monoisotopic (exact) mass is 744 g/mol. The lowest BCUT2D eigenvalue weighted by Gasteiger charge is -2.41. The number of hydrogen-bond donors (Lipinski definition) is 6. The smallest absolute Gasteiger partial charge is 0.335 e. The summed E-state index contributed by atoms with van der Waals surface area (Å²) >= 11 is 0. The number of carbonyl (C=O) groups is 4. The average Bonchev–Trinajstić information content (AvgIpc) is 3.53. The second-order valence-electron chi connectivity index (χ2n) is 13.7. The highest BCUT2D eigenvalue weighted by Crippen LogP contribution is 2.41. The van der Waals surface area contributed by atoms with E-state index >= 15 is 0 Å². The number of halogens is 2. The van der Waals surface area contributed by atoms with E-state index in [-0.39, 0.29) is 44.1 Å². The fraction of sp³-hybridized carbons (Fsp3) is 0.474. The highest BCUT2D eigenvalue weighted by molar-refractivity contribution is 5.82. The van der Waals surface area contributed by atoms with E-state index in [0.29, 0.717) is 24.2 Å². The first-order valence-electron chi connectivity index (χ1n) is 17.3. The van der Waals surface area contributed by atoms with Crippen LogP contribution in [0.1, 0.15) is 64.8 Å². The number of nitrogens with two attached hydrogens (primary N) is 2. The number of hydrogen-bond acceptors (Lipinski definition) is 8. The molecule has 2 unspecified atom stereocenters. The Morgan fingerprint density at radius 3 is 2.17 bits per heavy atom. The summed E-state index contributed by atoms with van der Waals surface area (Å²) < 4.78 is 35.7. The highest BCUT2D eigenvalue weighted by atomic mass is 19.1. The van der Waals surface area contributed by atoms with Gasteiger partial charge < -0.3 is 46.5 Å². The number of nitrogens with one attached hydrogen (secondary N) is 2. The van der Waals surface area contributed by atoms with Crippen molar-refractivity contribution < 1.29 is 42.9 Å². The summed E-state index contributed by atoms with van der Waals surface area (Å²) in [4.78, 5) is 49.0. The van der Waals surface area contributed by atoms with Gasteiger partial charge in [0, 0.05) is 56.3 Å². The Morgan fingerprint density at radius 2 is 1.64 bits per heavy atom. The van der Waals surface area contributed by atoms with Gasteiger partial charge in [-0.1, -0.05) is 58.0 Å². The van der Waals surface area contributed by atoms with Crippen LogP contribution >= 0.6 is 0 Å². The zero-order valence-electron chi connectivity index (χ0n) is 31.3. The summed E-state index contributed by atoms with van der Waals surface area (Å²) in [5.74, 6) is -3.48. The molecule has 0 radical (unpaired) electrons. The van der Waals surface area contributed by atoms with E-state index in [1.165, 1.54) is 12.0 Å². The minimum atomic E-state index is -1.00. The predicted molar refractivity (Wildman–Crippen MR) is 197 cm³/mol. The number of aliphatic hydroxyl groups excluding tert-OH is 1. The number of ether oxygens (including phenoxy) is 1. The highest BCUT2D eigenvalue weighted by Gasteiger charge is 2.37. The summed E-state index contributed by atoms with van der Waals surface area (Å²) in [5.41, 5.74) is 11.9. The Labute approximate surface area is 309 Å². The molecule has 0 saturated heterocycles. The summed E-state index contributed by atoms with van der Waals surface area (Å²) in [6.45, 7) is 8.91. The lowest BCUT2D eigenvalue weighted by molar-refractivity contribution is -0.160. The van der Waals surface area contributed by atoms with Gasteiger partial charge >= 0.3 is 5.97 Å². The van der Waals surface area contributed by atoms with Gasteiger partial charge in [-0.25, -0.2) is 13.6 Å². The van der Waals surface area contributed by atoms with E-state index in [1.807, 2.05) is 55.7 Å². The Hall–Kier alpha value is -4.70. The molecular weight excluding hydrogens is 690 g/mol. The third kappa shape index (κ3) is 13.0. The van der Waals surface area contributed by atoms with E-state index < -0.39 is 59.1 Å². The number of carboxylic acid groups (broad SMARTS) is 1. The predicted octanol–water partition coefficient (Wildman–Crippen LogP) is 3.18. The Kier molecular flexibility index (Phi) is 17.2. The minimum absolute atomic E-state index is 0.0278. The van der Waals surface area contributed by atoms with Crippen molar-refractivity contribution in [2.45, 2.75) is 71.7 Å². The van der Waals surface area contributed by atoms with Gasteiger partial charge in [0.15, 0.2) is 5.60 Å². The fourth-order valence-electron chi connectivity index (χ4n) is 5.48. The molecule has 8 N–H and O–H groups in total. The molecule has 2 aromatic carbocycles. The molecule has 3 rings (SSSR count). The molecule has 3 aromatic rings. The van der Waals surface area contributed by atoms with Crippen molar-refractivity contribution >= 4 is 23.7 Å². The van der Waals surface area contributed by atoms with Crippen LogP contribution in [0.4, 0.5) is 8.78 Å². The molecule has 0 fully saturated rings. The van der Waals surface area contributed by atoms with E-state index in [4.69, 9.17) is 21.3 Å². The quantitative estimate of drug-likeness (QED) is 0.112. The van der Waals surface area contributed by atoms with Gasteiger partial charge in [-0.05, 0) is 55.0 Å². The van der Waals surface area contributed by atoms with Crippen LogP contribution in [0, 0.1) is 17.0 Å². The van der Waals surface area contributed by atoms with Crippen LogP contribution in [0.5, 0.6) is 0 Å². The molecule has 15 heteroatoms. The maximum atomic E-state index is 14.9. The number of benzene rings is 2.